The lowest BCUT2D eigenvalue weighted by molar-refractivity contribution is -0.130. The van der Waals surface area contributed by atoms with Gasteiger partial charge in [-0.15, -0.1) is 23.7 Å². The lowest BCUT2D eigenvalue weighted by Crippen LogP contribution is -2.39. The molecule has 0 radical (unpaired) electrons. The molecule has 9 heteroatoms. The number of halogens is 1. The van der Waals surface area contributed by atoms with E-state index in [0.717, 1.165) is 43.6 Å². The Bertz CT molecular complexity index is 681. The van der Waals surface area contributed by atoms with Gasteiger partial charge in [0.2, 0.25) is 5.91 Å². The quantitative estimate of drug-likeness (QED) is 0.806. The fourth-order valence-corrected chi connectivity index (χ4v) is 6.29. The van der Waals surface area contributed by atoms with Crippen LogP contribution in [-0.4, -0.2) is 62.8 Å². The first kappa shape index (κ1) is 20.6. The first-order valence-corrected chi connectivity index (χ1v) is 10.8. The van der Waals surface area contributed by atoms with E-state index in [1.807, 2.05) is 7.05 Å². The second-order valence-corrected chi connectivity index (χ2v) is 9.85. The van der Waals surface area contributed by atoms with Crippen LogP contribution in [0.5, 0.6) is 0 Å². The normalized spacial score (nSPS) is 21.7. The molecular weight excluding hydrogens is 382 g/mol. The van der Waals surface area contributed by atoms with Crippen LogP contribution in [-0.2, 0) is 21.2 Å². The Kier molecular flexibility index (Phi) is 7.28. The number of rotatable bonds is 5. The third-order valence-electron chi connectivity index (χ3n) is 4.85. The molecule has 1 aromatic heterocycles. The lowest BCUT2D eigenvalue weighted by Gasteiger charge is -2.25. The van der Waals surface area contributed by atoms with Gasteiger partial charge in [0.25, 0.3) is 10.0 Å². The van der Waals surface area contributed by atoms with Gasteiger partial charge in [-0.2, -0.15) is 4.31 Å². The van der Waals surface area contributed by atoms with Gasteiger partial charge in [0, 0.05) is 37.6 Å². The minimum absolute atomic E-state index is 0. The maximum atomic E-state index is 12.7. The Balaban J connectivity index is 0.00000225. The maximum Gasteiger partial charge on any atom is 0.252 e. The van der Waals surface area contributed by atoms with Crippen molar-refractivity contribution >= 4 is 39.7 Å². The summed E-state index contributed by atoms with van der Waals surface area (Å²) in [5.41, 5.74) is 0. The van der Waals surface area contributed by atoms with Crippen molar-refractivity contribution in [2.45, 2.75) is 42.4 Å². The molecule has 1 N–H and O–H groups in total. The highest BCUT2D eigenvalue weighted by atomic mass is 35.5. The van der Waals surface area contributed by atoms with Crippen LogP contribution in [0.15, 0.2) is 16.3 Å². The number of likely N-dealkylation sites (N-methyl/N-ethyl adjacent to an activating group) is 1. The van der Waals surface area contributed by atoms with E-state index < -0.39 is 10.0 Å². The van der Waals surface area contributed by atoms with Crippen LogP contribution in [0.25, 0.3) is 0 Å². The molecule has 0 aliphatic carbocycles. The first-order valence-electron chi connectivity index (χ1n) is 8.54. The zero-order valence-electron chi connectivity index (χ0n) is 14.4. The predicted molar refractivity (Wildman–Crippen MR) is 102 cm³/mol. The molecule has 2 saturated heterocycles. The van der Waals surface area contributed by atoms with Crippen molar-refractivity contribution in [2.75, 3.05) is 33.2 Å². The van der Waals surface area contributed by atoms with E-state index in [-0.39, 0.29) is 30.8 Å². The third kappa shape index (κ3) is 4.74. The number of amides is 1. The number of hydrogen-bond donors (Lipinski definition) is 1. The second-order valence-electron chi connectivity index (χ2n) is 6.51. The fourth-order valence-electron chi connectivity index (χ4n) is 3.27. The van der Waals surface area contributed by atoms with Crippen molar-refractivity contribution in [3.8, 4) is 0 Å². The molecule has 2 aliphatic rings. The van der Waals surface area contributed by atoms with Crippen molar-refractivity contribution < 1.29 is 13.2 Å². The topological polar surface area (TPSA) is 69.7 Å². The van der Waals surface area contributed by atoms with Crippen LogP contribution >= 0.6 is 23.7 Å². The number of nitrogens with zero attached hydrogens (tertiary/aromatic N) is 2. The summed E-state index contributed by atoms with van der Waals surface area (Å²) in [5, 5.41) is 3.26. The maximum absolute atomic E-state index is 12.7. The van der Waals surface area contributed by atoms with Crippen molar-refractivity contribution in [3.63, 3.8) is 0 Å². The van der Waals surface area contributed by atoms with Gasteiger partial charge in [-0.3, -0.25) is 4.79 Å². The summed E-state index contributed by atoms with van der Waals surface area (Å²) in [5.74, 6) is 0.0486. The van der Waals surface area contributed by atoms with Crippen molar-refractivity contribution in [1.82, 2.24) is 14.5 Å². The van der Waals surface area contributed by atoms with E-state index in [1.165, 1.54) is 11.3 Å². The molecular formula is C16H26ClN3O3S2. The summed E-state index contributed by atoms with van der Waals surface area (Å²) in [4.78, 5) is 15.0. The average molecular weight is 408 g/mol. The van der Waals surface area contributed by atoms with Gasteiger partial charge in [0.1, 0.15) is 4.21 Å². The van der Waals surface area contributed by atoms with Crippen LogP contribution in [0, 0.1) is 0 Å². The predicted octanol–water partition coefficient (Wildman–Crippen LogP) is 1.71. The number of carbonyl (C=O) groups excluding carboxylic acids is 1. The largest absolute Gasteiger partial charge is 0.341 e. The summed E-state index contributed by atoms with van der Waals surface area (Å²) in [6.45, 7) is 2.98. The molecule has 1 amide bonds. The van der Waals surface area contributed by atoms with E-state index in [4.69, 9.17) is 0 Å². The molecule has 0 aromatic carbocycles. The van der Waals surface area contributed by atoms with Gasteiger partial charge < -0.3 is 10.2 Å². The molecule has 25 heavy (non-hydrogen) atoms. The minimum Gasteiger partial charge on any atom is -0.341 e. The molecule has 1 unspecified atom stereocenters. The molecule has 2 aliphatic heterocycles. The summed E-state index contributed by atoms with van der Waals surface area (Å²) in [7, 11) is -1.56. The molecule has 3 heterocycles. The van der Waals surface area contributed by atoms with Gasteiger partial charge >= 0.3 is 0 Å². The molecule has 1 atom stereocenters. The van der Waals surface area contributed by atoms with Crippen molar-refractivity contribution in [1.29, 1.82) is 0 Å². The average Bonchev–Trinajstić information content (AvgIpc) is 3.27. The van der Waals surface area contributed by atoms with Crippen molar-refractivity contribution in [2.24, 2.45) is 0 Å². The van der Waals surface area contributed by atoms with Crippen LogP contribution in [0.2, 0.25) is 0 Å². The SMILES string of the molecule is CN(C(=O)Cc1ccc(S(=O)(=O)N2CCCCC2)s1)C1CCNC1.Cl. The molecule has 1 aromatic rings. The van der Waals surface area contributed by atoms with Gasteiger partial charge in [-0.05, 0) is 37.9 Å². The summed E-state index contributed by atoms with van der Waals surface area (Å²) >= 11 is 1.23. The Morgan fingerprint density at radius 2 is 2.04 bits per heavy atom. The Hall–Kier alpha value is -0.670. The Labute approximate surface area is 160 Å². The fraction of sp³-hybridized carbons (Fsp3) is 0.688. The standard InChI is InChI=1S/C16H25N3O3S2.ClH/c1-18(13-7-8-17-12-13)15(20)11-14-5-6-16(23-14)24(21,22)19-9-3-2-4-10-19;/h5-6,13,17H,2-4,7-12H2,1H3;1H. The first-order chi connectivity index (χ1) is 11.5. The highest BCUT2D eigenvalue weighted by Gasteiger charge is 2.28. The number of nitrogens with one attached hydrogen (secondary N) is 1. The van der Waals surface area contributed by atoms with Crippen LogP contribution in [0.3, 0.4) is 0 Å². The Morgan fingerprint density at radius 3 is 2.68 bits per heavy atom. The minimum atomic E-state index is -3.40. The third-order valence-corrected chi connectivity index (χ3v) is 8.30. The van der Waals surface area contributed by atoms with E-state index in [1.54, 1.807) is 21.3 Å². The molecule has 0 spiro atoms. The zero-order valence-corrected chi connectivity index (χ0v) is 16.9. The Morgan fingerprint density at radius 1 is 1.32 bits per heavy atom. The lowest BCUT2D eigenvalue weighted by atomic mass is 10.2. The highest BCUT2D eigenvalue weighted by molar-refractivity contribution is 7.91. The van der Waals surface area contributed by atoms with Crippen LogP contribution < -0.4 is 5.32 Å². The number of sulfonamides is 1. The van der Waals surface area contributed by atoms with Crippen molar-refractivity contribution in [3.05, 3.63) is 17.0 Å². The molecule has 0 bridgehead atoms. The molecule has 3 rings (SSSR count). The molecule has 6 nitrogen and oxygen atoms in total. The summed E-state index contributed by atoms with van der Waals surface area (Å²) < 4.78 is 27.3. The smallest absolute Gasteiger partial charge is 0.252 e. The van der Waals surface area contributed by atoms with E-state index in [9.17, 15) is 13.2 Å². The highest BCUT2D eigenvalue weighted by Crippen LogP contribution is 2.27. The monoisotopic (exact) mass is 407 g/mol. The summed E-state index contributed by atoms with van der Waals surface area (Å²) in [6, 6.07) is 3.67. The molecule has 0 saturated carbocycles. The second kappa shape index (κ2) is 8.81. The van der Waals surface area contributed by atoms with E-state index >= 15 is 0 Å². The zero-order chi connectivity index (χ0) is 17.2. The number of carbonyl (C=O) groups is 1. The van der Waals surface area contributed by atoms with Crippen LogP contribution in [0.1, 0.15) is 30.6 Å². The van der Waals surface area contributed by atoms with Gasteiger partial charge in [-0.25, -0.2) is 8.42 Å². The van der Waals surface area contributed by atoms with Gasteiger partial charge in [-0.1, -0.05) is 6.42 Å². The van der Waals surface area contributed by atoms with Gasteiger partial charge in [0.15, 0.2) is 0 Å². The van der Waals surface area contributed by atoms with Gasteiger partial charge in [0.05, 0.1) is 6.42 Å². The van der Waals surface area contributed by atoms with Crippen LogP contribution in [0.4, 0.5) is 0 Å². The number of piperidine rings is 1. The summed E-state index contributed by atoms with van der Waals surface area (Å²) in [6.07, 6.45) is 4.19. The van der Waals surface area contributed by atoms with E-state index in [0.29, 0.717) is 17.3 Å². The molecule has 142 valence electrons. The molecule has 2 fully saturated rings. The number of thiophene rings is 1. The number of hydrogen-bond acceptors (Lipinski definition) is 5. The van der Waals surface area contributed by atoms with E-state index in [2.05, 4.69) is 5.32 Å².